The highest BCUT2D eigenvalue weighted by molar-refractivity contribution is 7.16. The number of imidazole rings is 1. The zero-order chi connectivity index (χ0) is 13.7. The molecule has 102 valence electrons. The molecule has 0 bridgehead atoms. The number of aryl methyl sites for hydroxylation is 1. The molecule has 0 radical (unpaired) electrons. The minimum Gasteiger partial charge on any atom is -0.348 e. The minimum atomic E-state index is 0.154. The first-order valence-corrected chi connectivity index (χ1v) is 7.37. The summed E-state index contributed by atoms with van der Waals surface area (Å²) in [5.41, 5.74) is 0.989. The van der Waals surface area contributed by atoms with E-state index in [-0.39, 0.29) is 5.91 Å². The standard InChI is InChI=1S/C13H16ClN3OS/c1-2-17(8-11-4-5-12(14)19-11)13(18)6-3-10-7-15-9-16-10/h4-5,7,9H,2-3,6,8H2,1H3,(H,15,16). The molecule has 19 heavy (non-hydrogen) atoms. The van der Waals surface area contributed by atoms with Crippen molar-refractivity contribution in [3.63, 3.8) is 0 Å². The SMILES string of the molecule is CCN(Cc1ccc(Cl)s1)C(=O)CCc1cnc[nH]1. The van der Waals surface area contributed by atoms with Crippen molar-refractivity contribution in [1.82, 2.24) is 14.9 Å². The van der Waals surface area contributed by atoms with Crippen LogP contribution in [0.4, 0.5) is 0 Å². The quantitative estimate of drug-likeness (QED) is 0.890. The van der Waals surface area contributed by atoms with Gasteiger partial charge in [-0.1, -0.05) is 11.6 Å². The van der Waals surface area contributed by atoms with Crippen LogP contribution in [0.2, 0.25) is 4.34 Å². The Hall–Kier alpha value is -1.33. The number of halogens is 1. The lowest BCUT2D eigenvalue weighted by Crippen LogP contribution is -2.30. The van der Waals surface area contributed by atoms with E-state index in [2.05, 4.69) is 9.97 Å². The van der Waals surface area contributed by atoms with Crippen LogP contribution in [-0.2, 0) is 17.8 Å². The molecule has 0 aliphatic heterocycles. The van der Waals surface area contributed by atoms with Gasteiger partial charge in [0.2, 0.25) is 5.91 Å². The van der Waals surface area contributed by atoms with Crippen molar-refractivity contribution in [1.29, 1.82) is 0 Å². The van der Waals surface area contributed by atoms with Crippen molar-refractivity contribution in [2.24, 2.45) is 0 Å². The van der Waals surface area contributed by atoms with Gasteiger partial charge in [-0.05, 0) is 25.5 Å². The maximum Gasteiger partial charge on any atom is 0.223 e. The van der Waals surface area contributed by atoms with Crippen LogP contribution in [0.1, 0.15) is 23.9 Å². The van der Waals surface area contributed by atoms with Crippen molar-refractivity contribution in [2.75, 3.05) is 6.54 Å². The third kappa shape index (κ3) is 4.08. The summed E-state index contributed by atoms with van der Waals surface area (Å²) in [7, 11) is 0. The summed E-state index contributed by atoms with van der Waals surface area (Å²) in [6, 6.07) is 3.84. The van der Waals surface area contributed by atoms with E-state index in [1.54, 1.807) is 12.5 Å². The monoisotopic (exact) mass is 297 g/mol. The number of rotatable bonds is 6. The molecule has 0 spiro atoms. The molecule has 0 aliphatic rings. The van der Waals surface area contributed by atoms with Crippen LogP contribution >= 0.6 is 22.9 Å². The zero-order valence-corrected chi connectivity index (χ0v) is 12.3. The average molecular weight is 298 g/mol. The van der Waals surface area contributed by atoms with E-state index >= 15 is 0 Å². The molecule has 2 aromatic heterocycles. The van der Waals surface area contributed by atoms with Gasteiger partial charge in [0.25, 0.3) is 0 Å². The van der Waals surface area contributed by atoms with E-state index in [1.807, 2.05) is 24.0 Å². The highest BCUT2D eigenvalue weighted by Gasteiger charge is 2.13. The Morgan fingerprint density at radius 2 is 2.37 bits per heavy atom. The molecule has 0 unspecified atom stereocenters. The van der Waals surface area contributed by atoms with Crippen LogP contribution in [-0.4, -0.2) is 27.3 Å². The first kappa shape index (κ1) is 14.1. The number of nitrogens with one attached hydrogen (secondary N) is 1. The van der Waals surface area contributed by atoms with Crippen molar-refractivity contribution in [3.05, 3.63) is 39.6 Å². The molecule has 0 atom stereocenters. The van der Waals surface area contributed by atoms with Gasteiger partial charge < -0.3 is 9.88 Å². The van der Waals surface area contributed by atoms with Crippen molar-refractivity contribution < 1.29 is 4.79 Å². The number of hydrogen-bond donors (Lipinski definition) is 1. The third-order valence-corrected chi connectivity index (χ3v) is 4.09. The lowest BCUT2D eigenvalue weighted by atomic mass is 10.2. The van der Waals surface area contributed by atoms with Gasteiger partial charge in [0.1, 0.15) is 0 Å². The second-order valence-corrected chi connectivity index (χ2v) is 5.99. The fraction of sp³-hybridized carbons (Fsp3) is 0.385. The van der Waals surface area contributed by atoms with Gasteiger partial charge in [0, 0.05) is 29.7 Å². The Kier molecular flexibility index (Phi) is 4.99. The van der Waals surface area contributed by atoms with Crippen LogP contribution in [0.5, 0.6) is 0 Å². The van der Waals surface area contributed by atoms with E-state index in [9.17, 15) is 4.79 Å². The maximum atomic E-state index is 12.1. The number of carbonyl (C=O) groups is 1. The number of aromatic amines is 1. The zero-order valence-electron chi connectivity index (χ0n) is 10.7. The number of carbonyl (C=O) groups excluding carboxylic acids is 1. The molecule has 0 fully saturated rings. The van der Waals surface area contributed by atoms with Gasteiger partial charge in [-0.2, -0.15) is 0 Å². The second-order valence-electron chi connectivity index (χ2n) is 4.19. The molecule has 2 rings (SSSR count). The predicted octanol–water partition coefficient (Wildman–Crippen LogP) is 3.11. The van der Waals surface area contributed by atoms with E-state index in [1.165, 1.54) is 11.3 Å². The third-order valence-electron chi connectivity index (χ3n) is 2.87. The van der Waals surface area contributed by atoms with Gasteiger partial charge >= 0.3 is 0 Å². The predicted molar refractivity (Wildman–Crippen MR) is 77.3 cm³/mol. The summed E-state index contributed by atoms with van der Waals surface area (Å²) < 4.78 is 0.760. The fourth-order valence-corrected chi connectivity index (χ4v) is 2.93. The Balaban J connectivity index is 1.88. The summed E-state index contributed by atoms with van der Waals surface area (Å²) in [6.07, 6.45) is 4.57. The number of H-pyrrole nitrogens is 1. The van der Waals surface area contributed by atoms with Gasteiger partial charge in [0.15, 0.2) is 0 Å². The molecule has 2 heterocycles. The topological polar surface area (TPSA) is 49.0 Å². The smallest absolute Gasteiger partial charge is 0.223 e. The Morgan fingerprint density at radius 1 is 1.53 bits per heavy atom. The molecule has 4 nitrogen and oxygen atoms in total. The van der Waals surface area contributed by atoms with Gasteiger partial charge in [-0.15, -0.1) is 11.3 Å². The Bertz CT molecular complexity index is 524. The highest BCUT2D eigenvalue weighted by Crippen LogP contribution is 2.22. The molecule has 1 amide bonds. The van der Waals surface area contributed by atoms with Gasteiger partial charge in [0.05, 0.1) is 17.2 Å². The molecule has 0 aromatic carbocycles. The first-order valence-electron chi connectivity index (χ1n) is 6.18. The number of amides is 1. The molecule has 1 N–H and O–H groups in total. The van der Waals surface area contributed by atoms with Gasteiger partial charge in [-0.25, -0.2) is 4.98 Å². The van der Waals surface area contributed by atoms with Crippen LogP contribution < -0.4 is 0 Å². The van der Waals surface area contributed by atoms with Crippen molar-refractivity contribution in [3.8, 4) is 0 Å². The largest absolute Gasteiger partial charge is 0.348 e. The van der Waals surface area contributed by atoms with E-state index in [4.69, 9.17) is 11.6 Å². The molecule has 0 saturated carbocycles. The van der Waals surface area contributed by atoms with Crippen molar-refractivity contribution in [2.45, 2.75) is 26.3 Å². The molecule has 0 aliphatic carbocycles. The summed E-state index contributed by atoms with van der Waals surface area (Å²) >= 11 is 7.42. The molecule has 2 aromatic rings. The number of hydrogen-bond acceptors (Lipinski definition) is 3. The summed E-state index contributed by atoms with van der Waals surface area (Å²) in [6.45, 7) is 3.33. The lowest BCUT2D eigenvalue weighted by molar-refractivity contribution is -0.131. The number of nitrogens with zero attached hydrogens (tertiary/aromatic N) is 2. The molecular weight excluding hydrogens is 282 g/mol. The van der Waals surface area contributed by atoms with Crippen molar-refractivity contribution >= 4 is 28.8 Å². The summed E-state index contributed by atoms with van der Waals surface area (Å²) in [5, 5.41) is 0. The minimum absolute atomic E-state index is 0.154. The first-order chi connectivity index (χ1) is 9.19. The van der Waals surface area contributed by atoms with Crippen LogP contribution in [0.25, 0.3) is 0 Å². The Labute approximate surface area is 121 Å². The van der Waals surface area contributed by atoms with Crippen LogP contribution in [0.3, 0.4) is 0 Å². The second kappa shape index (κ2) is 6.73. The van der Waals surface area contributed by atoms with Gasteiger partial charge in [-0.3, -0.25) is 4.79 Å². The van der Waals surface area contributed by atoms with E-state index < -0.39 is 0 Å². The Morgan fingerprint density at radius 3 is 2.95 bits per heavy atom. The molecule has 6 heteroatoms. The number of aromatic nitrogens is 2. The van der Waals surface area contributed by atoms with E-state index in [0.717, 1.165) is 14.9 Å². The maximum absolute atomic E-state index is 12.1. The molecular formula is C13H16ClN3OS. The summed E-state index contributed by atoms with van der Waals surface area (Å²) in [5.74, 6) is 0.154. The van der Waals surface area contributed by atoms with Crippen LogP contribution in [0.15, 0.2) is 24.7 Å². The lowest BCUT2D eigenvalue weighted by Gasteiger charge is -2.20. The highest BCUT2D eigenvalue weighted by atomic mass is 35.5. The van der Waals surface area contributed by atoms with E-state index in [0.29, 0.717) is 25.9 Å². The average Bonchev–Trinajstić information content (AvgIpc) is 3.04. The molecule has 0 saturated heterocycles. The number of thiophene rings is 1. The van der Waals surface area contributed by atoms with Crippen LogP contribution in [0, 0.1) is 0 Å². The fourth-order valence-electron chi connectivity index (χ4n) is 1.82. The summed E-state index contributed by atoms with van der Waals surface area (Å²) in [4.78, 5) is 22.0. The normalized spacial score (nSPS) is 10.6.